The lowest BCUT2D eigenvalue weighted by atomic mass is 9.71. The molecule has 0 aliphatic carbocycles. The van der Waals surface area contributed by atoms with Crippen LogP contribution in [0, 0.1) is 11.2 Å². The highest BCUT2D eigenvalue weighted by Crippen LogP contribution is 2.44. The molecule has 5 heterocycles. The summed E-state index contributed by atoms with van der Waals surface area (Å²) in [5.74, 6) is -3.67. The minimum absolute atomic E-state index is 0.0345. The highest BCUT2D eigenvalue weighted by Gasteiger charge is 2.47. The summed E-state index contributed by atoms with van der Waals surface area (Å²) in [5, 5.41) is 14.6. The minimum Gasteiger partial charge on any atom is -0.404 e. The molecule has 2 aromatic carbocycles. The second-order valence-corrected chi connectivity index (χ2v) is 18.8. The number of piperidine rings is 3. The quantitative estimate of drug-likeness (QED) is 0.0939. The molecule has 17 nitrogen and oxygen atoms in total. The van der Waals surface area contributed by atoms with E-state index >= 15 is 4.39 Å². The zero-order valence-electron chi connectivity index (χ0n) is 35.0. The number of allylic oxidation sites excluding steroid dienone is 1. The molecule has 3 fully saturated rings. The standard InChI is InChI=1S/C42H48F4N10O7S/c1-40(2,61)24-48-22-25(21-47)35-28(42(44,45)46)23-49-39(53-35)51-30-7-6-26(20-29(30)43)64(62,63)50-14-19-54-15-10-41(11-16-54)12-17-55(18-13-41)31-5-3-4-27-34(31)38(60)56(37(27)59)32-8-9-33(57)52-36(32)58/h3-7,20-23,32,50,61H,8-19,24,47H2,1-2H3,(H,49,51,53)(H,52,57,58)/b25-21+,48-22?. The number of benzene rings is 2. The van der Waals surface area contributed by atoms with E-state index in [1.807, 2.05) is 6.07 Å². The van der Waals surface area contributed by atoms with Gasteiger partial charge in [0.05, 0.1) is 45.2 Å². The lowest BCUT2D eigenvalue weighted by Gasteiger charge is -2.47. The number of hydrogen-bond acceptors (Lipinski definition) is 14. The number of halogens is 4. The van der Waals surface area contributed by atoms with Crippen molar-refractivity contribution in [2.24, 2.45) is 16.1 Å². The van der Waals surface area contributed by atoms with Crippen molar-refractivity contribution < 1.29 is 50.3 Å². The van der Waals surface area contributed by atoms with Crippen molar-refractivity contribution in [2.75, 3.05) is 56.0 Å². The molecule has 1 unspecified atom stereocenters. The molecular formula is C42H48F4N10O7S. The van der Waals surface area contributed by atoms with E-state index in [4.69, 9.17) is 5.73 Å². The van der Waals surface area contributed by atoms with Crippen molar-refractivity contribution in [3.8, 4) is 0 Å². The van der Waals surface area contributed by atoms with Gasteiger partial charge < -0.3 is 26.0 Å². The third kappa shape index (κ3) is 9.93. The van der Waals surface area contributed by atoms with Crippen molar-refractivity contribution in [2.45, 2.75) is 75.1 Å². The second kappa shape index (κ2) is 18.0. The fourth-order valence-electron chi connectivity index (χ4n) is 8.46. The highest BCUT2D eigenvalue weighted by molar-refractivity contribution is 7.89. The van der Waals surface area contributed by atoms with Crippen LogP contribution >= 0.6 is 0 Å². The first-order valence-electron chi connectivity index (χ1n) is 20.7. The molecular weight excluding hydrogens is 865 g/mol. The Kier molecular flexibility index (Phi) is 13.0. The van der Waals surface area contributed by atoms with Gasteiger partial charge in [-0.3, -0.25) is 34.4 Å². The Morgan fingerprint density at radius 3 is 2.39 bits per heavy atom. The first-order valence-corrected chi connectivity index (χ1v) is 22.1. The van der Waals surface area contributed by atoms with Crippen LogP contribution in [-0.2, 0) is 25.8 Å². The third-order valence-electron chi connectivity index (χ3n) is 12.0. The number of sulfonamides is 1. The first-order chi connectivity index (χ1) is 30.2. The number of nitrogens with two attached hydrogens (primary N) is 1. The maximum absolute atomic E-state index is 15.3. The van der Waals surface area contributed by atoms with Crippen LogP contribution in [0.2, 0.25) is 0 Å². The van der Waals surface area contributed by atoms with Gasteiger partial charge in [0.1, 0.15) is 17.4 Å². The normalized spacial score (nSPS) is 20.0. The monoisotopic (exact) mass is 912 g/mol. The van der Waals surface area contributed by atoms with Crippen molar-refractivity contribution in [1.82, 2.24) is 29.8 Å². The Balaban J connectivity index is 0.910. The first kappa shape index (κ1) is 46.2. The predicted molar refractivity (Wildman–Crippen MR) is 226 cm³/mol. The van der Waals surface area contributed by atoms with Crippen LogP contribution in [0.5, 0.6) is 0 Å². The Bertz CT molecular complexity index is 2510. The number of aromatic nitrogens is 2. The number of nitrogens with zero attached hydrogens (tertiary/aromatic N) is 6. The molecule has 1 spiro atoms. The Morgan fingerprint density at radius 2 is 1.75 bits per heavy atom. The van der Waals surface area contributed by atoms with E-state index in [0.717, 1.165) is 74.3 Å². The van der Waals surface area contributed by atoms with Crippen LogP contribution in [0.3, 0.4) is 0 Å². The number of aliphatic hydroxyl groups is 1. The predicted octanol–water partition coefficient (Wildman–Crippen LogP) is 3.58. The van der Waals surface area contributed by atoms with Gasteiger partial charge in [-0.05, 0) is 94.8 Å². The van der Waals surface area contributed by atoms with Crippen molar-refractivity contribution >= 4 is 62.8 Å². The number of aliphatic imine (C=N–C) groups is 1. The molecule has 3 saturated heterocycles. The van der Waals surface area contributed by atoms with Crippen LogP contribution in [-0.4, -0.2) is 121 Å². The van der Waals surface area contributed by atoms with Crippen LogP contribution in [0.1, 0.15) is 84.3 Å². The molecule has 22 heteroatoms. The number of rotatable bonds is 13. The van der Waals surface area contributed by atoms with E-state index in [0.29, 0.717) is 31.5 Å². The number of amides is 4. The van der Waals surface area contributed by atoms with Gasteiger partial charge in [0.25, 0.3) is 11.8 Å². The maximum atomic E-state index is 15.3. The lowest BCUT2D eigenvalue weighted by Crippen LogP contribution is -2.54. The maximum Gasteiger partial charge on any atom is 0.419 e. The van der Waals surface area contributed by atoms with Crippen molar-refractivity contribution in [3.63, 3.8) is 0 Å². The van der Waals surface area contributed by atoms with E-state index < -0.39 is 74.5 Å². The molecule has 0 saturated carbocycles. The molecule has 3 aromatic rings. The molecule has 6 N–H and O–H groups in total. The van der Waals surface area contributed by atoms with Gasteiger partial charge in [0.15, 0.2) is 0 Å². The van der Waals surface area contributed by atoms with E-state index in [9.17, 15) is 45.9 Å². The summed E-state index contributed by atoms with van der Waals surface area (Å²) >= 11 is 0. The Labute approximate surface area is 366 Å². The summed E-state index contributed by atoms with van der Waals surface area (Å²) in [7, 11) is -4.16. The Morgan fingerprint density at radius 1 is 1.05 bits per heavy atom. The van der Waals surface area contributed by atoms with E-state index in [2.05, 4.69) is 40.1 Å². The van der Waals surface area contributed by atoms with Crippen LogP contribution in [0.25, 0.3) is 5.57 Å². The lowest BCUT2D eigenvalue weighted by molar-refractivity contribution is -0.138. The van der Waals surface area contributed by atoms with Gasteiger partial charge in [-0.15, -0.1) is 0 Å². The zero-order chi connectivity index (χ0) is 46.2. The highest BCUT2D eigenvalue weighted by atomic mass is 32.2. The number of fused-ring (bicyclic) bond motifs is 1. The second-order valence-electron chi connectivity index (χ2n) is 17.0. The number of anilines is 3. The van der Waals surface area contributed by atoms with Crippen LogP contribution < -0.4 is 26.0 Å². The smallest absolute Gasteiger partial charge is 0.404 e. The summed E-state index contributed by atoms with van der Waals surface area (Å²) in [6, 6.07) is 7.07. The van der Waals surface area contributed by atoms with Gasteiger partial charge in [-0.2, -0.15) is 13.2 Å². The van der Waals surface area contributed by atoms with E-state index in [1.165, 1.54) is 13.8 Å². The molecule has 1 atom stereocenters. The summed E-state index contributed by atoms with van der Waals surface area (Å²) in [4.78, 5) is 67.6. The summed E-state index contributed by atoms with van der Waals surface area (Å²) in [6.07, 6.45) is 1.00. The average Bonchev–Trinajstić information content (AvgIpc) is 3.49. The SMILES string of the molecule is CC(C)(O)CN=C/C(=C\N)c1nc(Nc2ccc(S(=O)(=O)NCCN3CCC4(CC3)CCN(c3cccc5c3C(=O)N(C3CCC(=O)NC3=O)C5=O)CC4)cc2F)ncc1C(F)(F)F. The van der Waals surface area contributed by atoms with Gasteiger partial charge in [-0.1, -0.05) is 6.07 Å². The molecule has 64 heavy (non-hydrogen) atoms. The van der Waals surface area contributed by atoms with Gasteiger partial charge in [-0.25, -0.2) is 27.5 Å². The number of nitrogens with one attached hydrogen (secondary N) is 3. The van der Waals surface area contributed by atoms with Gasteiger partial charge >= 0.3 is 6.18 Å². The number of carbonyl (C=O) groups is 4. The Hall–Kier alpha value is -5.84. The topological polar surface area (TPSA) is 233 Å². The fraction of sp³-hybridized carbons (Fsp3) is 0.452. The number of likely N-dealkylation sites (tertiary alicyclic amines) is 1. The zero-order valence-corrected chi connectivity index (χ0v) is 35.9. The minimum atomic E-state index is -4.89. The summed E-state index contributed by atoms with van der Waals surface area (Å²) < 4.78 is 85.8. The number of hydrogen-bond donors (Lipinski definition) is 5. The molecule has 4 amide bonds. The number of carbonyl (C=O) groups excluding carboxylic acids is 4. The molecule has 0 radical (unpaired) electrons. The molecule has 342 valence electrons. The van der Waals surface area contributed by atoms with E-state index in [1.54, 1.807) is 12.1 Å². The molecule has 1 aromatic heterocycles. The molecule has 7 rings (SSSR count). The van der Waals surface area contributed by atoms with Crippen LogP contribution in [0.4, 0.5) is 34.9 Å². The van der Waals surface area contributed by atoms with E-state index in [-0.39, 0.29) is 58.6 Å². The average molecular weight is 913 g/mol. The summed E-state index contributed by atoms with van der Waals surface area (Å²) in [5.41, 5.74) is 3.10. The third-order valence-corrected chi connectivity index (χ3v) is 13.5. The fourth-order valence-corrected chi connectivity index (χ4v) is 9.49. The molecule has 4 aliphatic rings. The largest absolute Gasteiger partial charge is 0.419 e. The molecule has 0 bridgehead atoms. The number of alkyl halides is 3. The van der Waals surface area contributed by atoms with Crippen molar-refractivity contribution in [1.29, 1.82) is 0 Å². The summed E-state index contributed by atoms with van der Waals surface area (Å²) in [6.45, 7) is 5.94. The van der Waals surface area contributed by atoms with Crippen LogP contribution in [0.15, 0.2) is 58.7 Å². The van der Waals surface area contributed by atoms with Crippen molar-refractivity contribution in [3.05, 3.63) is 77.0 Å². The number of imide groups is 2. The molecule has 4 aliphatic heterocycles. The van der Waals surface area contributed by atoms with Gasteiger partial charge in [0, 0.05) is 56.8 Å². The van der Waals surface area contributed by atoms with Gasteiger partial charge in [0.2, 0.25) is 27.8 Å².